The number of amides is 1. The maximum atomic E-state index is 12.4. The molecule has 0 unspecified atom stereocenters. The smallest absolute Gasteiger partial charge is 0.322 e. The number of carboxylic acids is 1. The van der Waals surface area contributed by atoms with Gasteiger partial charge in [0.1, 0.15) is 12.3 Å². The molecular weight excluding hydrogens is 438 g/mol. The topological polar surface area (TPSA) is 75.6 Å². The molecule has 35 heavy (non-hydrogen) atoms. The number of carbonyl (C=O) groups excluding carboxylic acids is 1. The molecule has 0 aromatic heterocycles. The molecule has 0 atom stereocenters. The first-order valence-electron chi connectivity index (χ1n) is 12.8. The van der Waals surface area contributed by atoms with Crippen LogP contribution in [0.3, 0.4) is 0 Å². The Morgan fingerprint density at radius 1 is 0.914 bits per heavy atom. The molecule has 5 nitrogen and oxygen atoms in total. The molecule has 0 aliphatic rings. The number of benzene rings is 2. The van der Waals surface area contributed by atoms with E-state index >= 15 is 0 Å². The Morgan fingerprint density at radius 3 is 1.91 bits per heavy atom. The van der Waals surface area contributed by atoms with Crippen molar-refractivity contribution >= 4 is 11.9 Å². The van der Waals surface area contributed by atoms with E-state index in [1.165, 1.54) is 5.56 Å². The van der Waals surface area contributed by atoms with Crippen molar-refractivity contribution in [2.75, 3.05) is 13.2 Å². The summed E-state index contributed by atoms with van der Waals surface area (Å²) in [5.74, 6) is 1.15. The van der Waals surface area contributed by atoms with Gasteiger partial charge in [0.25, 0.3) is 5.91 Å². The summed E-state index contributed by atoms with van der Waals surface area (Å²) in [6, 6.07) is 12.4. The lowest BCUT2D eigenvalue weighted by atomic mass is 9.70. The van der Waals surface area contributed by atoms with Gasteiger partial charge in [-0.1, -0.05) is 65.8 Å². The van der Waals surface area contributed by atoms with E-state index in [-0.39, 0.29) is 11.3 Å². The van der Waals surface area contributed by atoms with Crippen molar-refractivity contribution in [3.8, 4) is 5.75 Å². The van der Waals surface area contributed by atoms with Gasteiger partial charge in [0, 0.05) is 11.0 Å². The number of aryl methyl sites for hydroxylation is 2. The van der Waals surface area contributed by atoms with Gasteiger partial charge in [-0.05, 0) is 78.8 Å². The van der Waals surface area contributed by atoms with Gasteiger partial charge in [-0.15, -0.1) is 0 Å². The number of rotatable bonds is 12. The Hall–Kier alpha value is -2.82. The molecular formula is C30H43NO4. The van der Waals surface area contributed by atoms with Crippen LogP contribution >= 0.6 is 0 Å². The van der Waals surface area contributed by atoms with Crippen molar-refractivity contribution in [3.63, 3.8) is 0 Å². The van der Waals surface area contributed by atoms with Crippen LogP contribution in [0.4, 0.5) is 0 Å². The van der Waals surface area contributed by atoms with Crippen molar-refractivity contribution in [2.24, 2.45) is 17.8 Å². The van der Waals surface area contributed by atoms with E-state index in [0.29, 0.717) is 29.9 Å². The second-order valence-electron chi connectivity index (χ2n) is 10.3. The van der Waals surface area contributed by atoms with E-state index < -0.39 is 12.5 Å². The number of hydrogen-bond donors (Lipinski definition) is 2. The average Bonchev–Trinajstić information content (AvgIpc) is 2.79. The van der Waals surface area contributed by atoms with E-state index in [4.69, 9.17) is 9.84 Å². The van der Waals surface area contributed by atoms with Crippen LogP contribution in [-0.2, 0) is 10.2 Å². The third-order valence-corrected chi connectivity index (χ3v) is 7.50. The van der Waals surface area contributed by atoms with E-state index in [2.05, 4.69) is 78.0 Å². The minimum absolute atomic E-state index is 0.192. The van der Waals surface area contributed by atoms with Gasteiger partial charge in [0.2, 0.25) is 0 Å². The fourth-order valence-corrected chi connectivity index (χ4v) is 5.15. The molecule has 0 radical (unpaired) electrons. The number of nitrogens with one attached hydrogen (secondary N) is 1. The third kappa shape index (κ3) is 6.65. The van der Waals surface area contributed by atoms with Gasteiger partial charge in [-0.2, -0.15) is 0 Å². The minimum Gasteiger partial charge on any atom is -0.493 e. The highest BCUT2D eigenvalue weighted by atomic mass is 16.5. The number of aliphatic carboxylic acids is 1. The maximum absolute atomic E-state index is 12.4. The quantitative estimate of drug-likeness (QED) is 0.361. The predicted molar refractivity (Wildman–Crippen MR) is 142 cm³/mol. The Balaban J connectivity index is 2.35. The highest BCUT2D eigenvalue weighted by Gasteiger charge is 2.32. The standard InChI is InChI=1S/C30H43NO4/c1-9-30(10-2,23-11-13-25(21(7)15-23)29(34)31-17-28(32)33)24-12-14-27(22(8)16-24)35-18-26(19(3)4)20(5)6/h11-16,19-20,26H,9-10,17-18H2,1-8H3,(H,31,34)(H,32,33). The fraction of sp³-hybridized carbons (Fsp3) is 0.533. The first-order valence-corrected chi connectivity index (χ1v) is 12.8. The van der Waals surface area contributed by atoms with Crippen LogP contribution in [0.2, 0.25) is 0 Å². The molecule has 2 aromatic rings. The summed E-state index contributed by atoms with van der Waals surface area (Å²) in [5, 5.41) is 11.3. The Labute approximate surface area is 211 Å². The van der Waals surface area contributed by atoms with Crippen LogP contribution < -0.4 is 10.1 Å². The molecule has 0 spiro atoms. The van der Waals surface area contributed by atoms with Gasteiger partial charge < -0.3 is 15.2 Å². The molecule has 5 heteroatoms. The summed E-state index contributed by atoms with van der Waals surface area (Å²) >= 11 is 0. The summed E-state index contributed by atoms with van der Waals surface area (Å²) in [6.07, 6.45) is 1.83. The minimum atomic E-state index is -1.06. The molecule has 0 fully saturated rings. The van der Waals surface area contributed by atoms with Gasteiger partial charge in [0.05, 0.1) is 6.61 Å². The molecule has 0 aliphatic carbocycles. The maximum Gasteiger partial charge on any atom is 0.322 e. The van der Waals surface area contributed by atoms with E-state index in [1.807, 2.05) is 19.1 Å². The van der Waals surface area contributed by atoms with E-state index in [9.17, 15) is 9.59 Å². The molecule has 192 valence electrons. The summed E-state index contributed by atoms with van der Waals surface area (Å²) < 4.78 is 6.28. The normalized spacial score (nSPS) is 11.9. The van der Waals surface area contributed by atoms with Crippen LogP contribution in [-0.4, -0.2) is 30.1 Å². The molecule has 0 bridgehead atoms. The number of ether oxygens (including phenoxy) is 1. The second kappa shape index (κ2) is 12.2. The number of carbonyl (C=O) groups is 2. The zero-order valence-electron chi connectivity index (χ0n) is 22.7. The largest absolute Gasteiger partial charge is 0.493 e. The Morgan fingerprint density at radius 2 is 1.46 bits per heavy atom. The van der Waals surface area contributed by atoms with E-state index in [1.54, 1.807) is 0 Å². The lowest BCUT2D eigenvalue weighted by molar-refractivity contribution is -0.135. The molecule has 0 saturated carbocycles. The van der Waals surface area contributed by atoms with Gasteiger partial charge in [-0.3, -0.25) is 9.59 Å². The average molecular weight is 482 g/mol. The molecule has 1 amide bonds. The van der Waals surface area contributed by atoms with Crippen molar-refractivity contribution in [1.29, 1.82) is 0 Å². The third-order valence-electron chi connectivity index (χ3n) is 7.50. The lowest BCUT2D eigenvalue weighted by Crippen LogP contribution is -2.30. The lowest BCUT2D eigenvalue weighted by Gasteiger charge is -2.34. The van der Waals surface area contributed by atoms with Crippen LogP contribution in [0.5, 0.6) is 5.75 Å². The molecule has 2 N–H and O–H groups in total. The van der Waals surface area contributed by atoms with Crippen molar-refractivity contribution < 1.29 is 19.4 Å². The van der Waals surface area contributed by atoms with Gasteiger partial charge >= 0.3 is 5.97 Å². The summed E-state index contributed by atoms with van der Waals surface area (Å²) in [7, 11) is 0. The summed E-state index contributed by atoms with van der Waals surface area (Å²) in [6.45, 7) is 17.7. The monoisotopic (exact) mass is 481 g/mol. The summed E-state index contributed by atoms with van der Waals surface area (Å²) in [5.41, 5.74) is 4.66. The highest BCUT2D eigenvalue weighted by molar-refractivity contribution is 5.97. The van der Waals surface area contributed by atoms with Crippen LogP contribution in [0, 0.1) is 31.6 Å². The SMILES string of the molecule is CCC(CC)(c1ccc(OCC(C(C)C)C(C)C)c(C)c1)c1ccc(C(=O)NCC(=O)O)c(C)c1. The molecule has 2 rings (SSSR count). The van der Waals surface area contributed by atoms with Crippen molar-refractivity contribution in [1.82, 2.24) is 5.32 Å². The van der Waals surface area contributed by atoms with Crippen LogP contribution in [0.25, 0.3) is 0 Å². The van der Waals surface area contributed by atoms with Crippen LogP contribution in [0.15, 0.2) is 36.4 Å². The zero-order valence-corrected chi connectivity index (χ0v) is 22.7. The highest BCUT2D eigenvalue weighted by Crippen LogP contribution is 2.41. The molecule has 0 heterocycles. The fourth-order valence-electron chi connectivity index (χ4n) is 5.15. The molecule has 2 aromatic carbocycles. The molecule has 0 aliphatic heterocycles. The van der Waals surface area contributed by atoms with Gasteiger partial charge in [0.15, 0.2) is 0 Å². The van der Waals surface area contributed by atoms with Crippen molar-refractivity contribution in [3.05, 3.63) is 64.2 Å². The van der Waals surface area contributed by atoms with Crippen LogP contribution in [0.1, 0.15) is 87.0 Å². The van der Waals surface area contributed by atoms with E-state index in [0.717, 1.165) is 35.3 Å². The Kier molecular flexibility index (Phi) is 9.93. The summed E-state index contributed by atoms with van der Waals surface area (Å²) in [4.78, 5) is 23.2. The van der Waals surface area contributed by atoms with Gasteiger partial charge in [-0.25, -0.2) is 0 Å². The number of hydrogen-bond acceptors (Lipinski definition) is 3. The Bertz CT molecular complexity index is 1010. The first-order chi connectivity index (χ1) is 16.5. The zero-order chi connectivity index (χ0) is 26.3. The predicted octanol–water partition coefficient (Wildman–Crippen LogP) is 6.53. The molecule has 0 saturated heterocycles. The first kappa shape index (κ1) is 28.4. The van der Waals surface area contributed by atoms with Crippen molar-refractivity contribution in [2.45, 2.75) is 73.6 Å². The number of carboxylic acid groups (broad SMARTS) is 1. The second-order valence-corrected chi connectivity index (χ2v) is 10.3.